The molecule has 3 nitrogen and oxygen atoms in total. The highest BCUT2D eigenvalue weighted by Crippen LogP contribution is 2.19. The Balaban J connectivity index is 2.29. The first-order valence-electron chi connectivity index (χ1n) is 4.04. The average Bonchev–Trinajstić information content (AvgIpc) is 2.66. The van der Waals surface area contributed by atoms with Crippen molar-refractivity contribution in [1.82, 2.24) is 15.0 Å². The van der Waals surface area contributed by atoms with Crippen LogP contribution in [-0.4, -0.2) is 15.0 Å². The van der Waals surface area contributed by atoms with Gasteiger partial charge < -0.3 is 0 Å². The molecule has 0 saturated heterocycles. The summed E-state index contributed by atoms with van der Waals surface area (Å²) in [6.45, 7) is 0.427. The van der Waals surface area contributed by atoms with Crippen molar-refractivity contribution in [2.45, 2.75) is 6.54 Å². The van der Waals surface area contributed by atoms with Crippen molar-refractivity contribution in [2.75, 3.05) is 0 Å². The quantitative estimate of drug-likeness (QED) is 0.762. The number of halogens is 2. The number of rotatable bonds is 2. The van der Waals surface area contributed by atoms with Gasteiger partial charge in [-0.15, -0.1) is 5.10 Å². The van der Waals surface area contributed by atoms with E-state index in [1.54, 1.807) is 29.2 Å². The highest BCUT2D eigenvalue weighted by Gasteiger charge is 2.05. The zero-order valence-corrected chi connectivity index (χ0v) is 7.95. The Bertz CT molecular complexity index is 428. The summed E-state index contributed by atoms with van der Waals surface area (Å²) in [6.07, 6.45) is 3.26. The van der Waals surface area contributed by atoms with Crippen molar-refractivity contribution < 1.29 is 4.39 Å². The Morgan fingerprint density at radius 1 is 1.43 bits per heavy atom. The van der Waals surface area contributed by atoms with Crippen LogP contribution in [0.5, 0.6) is 0 Å². The summed E-state index contributed by atoms with van der Waals surface area (Å²) in [6, 6.07) is 4.70. The van der Waals surface area contributed by atoms with Crippen molar-refractivity contribution in [3.8, 4) is 0 Å². The van der Waals surface area contributed by atoms with E-state index in [-0.39, 0.29) is 5.02 Å². The molecule has 0 bridgehead atoms. The van der Waals surface area contributed by atoms with Crippen LogP contribution in [0.2, 0.25) is 5.02 Å². The van der Waals surface area contributed by atoms with Crippen molar-refractivity contribution in [2.24, 2.45) is 0 Å². The normalized spacial score (nSPS) is 10.4. The molecule has 0 atom stereocenters. The topological polar surface area (TPSA) is 30.7 Å². The first-order valence-corrected chi connectivity index (χ1v) is 4.42. The number of hydrogen-bond acceptors (Lipinski definition) is 2. The van der Waals surface area contributed by atoms with E-state index < -0.39 is 5.82 Å². The molecule has 0 aliphatic rings. The molecule has 0 unspecified atom stereocenters. The fourth-order valence-corrected chi connectivity index (χ4v) is 1.35. The first kappa shape index (κ1) is 9.15. The lowest BCUT2D eigenvalue weighted by molar-refractivity contribution is 0.614. The lowest BCUT2D eigenvalue weighted by Crippen LogP contribution is -2.01. The first-order chi connectivity index (χ1) is 6.77. The molecule has 1 heterocycles. The van der Waals surface area contributed by atoms with Gasteiger partial charge in [0.1, 0.15) is 5.82 Å². The molecule has 5 heteroatoms. The highest BCUT2D eigenvalue weighted by atomic mass is 35.5. The van der Waals surface area contributed by atoms with Crippen molar-refractivity contribution in [1.29, 1.82) is 0 Å². The molecule has 0 radical (unpaired) electrons. The third-order valence-corrected chi connectivity index (χ3v) is 2.26. The van der Waals surface area contributed by atoms with Gasteiger partial charge in [-0.2, -0.15) is 0 Å². The van der Waals surface area contributed by atoms with Gasteiger partial charge in [0.15, 0.2) is 0 Å². The maximum Gasteiger partial charge on any atom is 0.142 e. The van der Waals surface area contributed by atoms with Crippen LogP contribution >= 0.6 is 11.6 Å². The SMILES string of the molecule is Fc1cccc(Cn2ccnn2)c1Cl. The summed E-state index contributed by atoms with van der Waals surface area (Å²) in [5.74, 6) is -0.413. The minimum atomic E-state index is -0.413. The predicted octanol–water partition coefficient (Wildman–Crippen LogP) is 2.12. The van der Waals surface area contributed by atoms with Crippen molar-refractivity contribution in [3.63, 3.8) is 0 Å². The molecular weight excluding hydrogens is 205 g/mol. The van der Waals surface area contributed by atoms with Gasteiger partial charge in [-0.25, -0.2) is 9.07 Å². The Morgan fingerprint density at radius 3 is 3.00 bits per heavy atom. The van der Waals surface area contributed by atoms with Gasteiger partial charge in [0.2, 0.25) is 0 Å². The monoisotopic (exact) mass is 211 g/mol. The molecule has 0 amide bonds. The van der Waals surface area contributed by atoms with E-state index in [9.17, 15) is 4.39 Å². The minimum absolute atomic E-state index is 0.142. The Morgan fingerprint density at radius 2 is 2.29 bits per heavy atom. The Hall–Kier alpha value is -1.42. The molecule has 0 N–H and O–H groups in total. The van der Waals surface area contributed by atoms with Gasteiger partial charge in [-0.05, 0) is 11.6 Å². The van der Waals surface area contributed by atoms with Gasteiger partial charge in [0.25, 0.3) is 0 Å². The van der Waals surface area contributed by atoms with Crippen molar-refractivity contribution in [3.05, 3.63) is 47.0 Å². The molecule has 2 aromatic rings. The second-order valence-electron chi connectivity index (χ2n) is 2.81. The average molecular weight is 212 g/mol. The molecule has 1 aromatic carbocycles. The number of benzene rings is 1. The van der Waals surface area contributed by atoms with Gasteiger partial charge >= 0.3 is 0 Å². The van der Waals surface area contributed by atoms with Crippen LogP contribution in [-0.2, 0) is 6.54 Å². The molecule has 0 saturated carbocycles. The standard InChI is InChI=1S/C9H7ClFN3/c10-9-7(2-1-3-8(9)11)6-14-5-4-12-13-14/h1-5H,6H2. The van der Waals surface area contributed by atoms with E-state index >= 15 is 0 Å². The fraction of sp³-hybridized carbons (Fsp3) is 0.111. The Labute approximate surface area is 85.1 Å². The fourth-order valence-electron chi connectivity index (χ4n) is 1.16. The lowest BCUT2D eigenvalue weighted by Gasteiger charge is -2.03. The summed E-state index contributed by atoms with van der Waals surface area (Å²) in [5.41, 5.74) is 0.692. The third kappa shape index (κ3) is 1.75. The number of hydrogen-bond donors (Lipinski definition) is 0. The molecule has 1 aromatic heterocycles. The van der Waals surface area contributed by atoms with Gasteiger partial charge in [-0.1, -0.05) is 28.9 Å². The summed E-state index contributed by atoms with van der Waals surface area (Å²) in [5, 5.41) is 7.56. The maximum absolute atomic E-state index is 13.0. The van der Waals surface area contributed by atoms with E-state index in [1.807, 2.05) is 0 Å². The van der Waals surface area contributed by atoms with Crippen LogP contribution < -0.4 is 0 Å². The summed E-state index contributed by atoms with van der Waals surface area (Å²) >= 11 is 5.77. The Kier molecular flexibility index (Phi) is 2.45. The van der Waals surface area contributed by atoms with Gasteiger partial charge in [0.05, 0.1) is 17.8 Å². The second kappa shape index (κ2) is 3.75. The molecule has 0 fully saturated rings. The van der Waals surface area contributed by atoms with E-state index in [1.165, 1.54) is 6.07 Å². The summed E-state index contributed by atoms with van der Waals surface area (Å²) in [7, 11) is 0. The molecule has 0 spiro atoms. The van der Waals surface area contributed by atoms with Crippen LogP contribution in [0, 0.1) is 5.82 Å². The van der Waals surface area contributed by atoms with Crippen molar-refractivity contribution >= 4 is 11.6 Å². The molecule has 2 rings (SSSR count). The number of nitrogens with zero attached hydrogens (tertiary/aromatic N) is 3. The molecular formula is C9H7ClFN3. The molecule has 72 valence electrons. The van der Waals surface area contributed by atoms with E-state index in [0.717, 1.165) is 0 Å². The van der Waals surface area contributed by atoms with Gasteiger partial charge in [0, 0.05) is 6.20 Å². The second-order valence-corrected chi connectivity index (χ2v) is 3.19. The van der Waals surface area contributed by atoms with Crippen LogP contribution in [0.15, 0.2) is 30.6 Å². The molecule has 0 aliphatic heterocycles. The molecule has 14 heavy (non-hydrogen) atoms. The molecule has 0 aliphatic carbocycles. The largest absolute Gasteiger partial charge is 0.248 e. The van der Waals surface area contributed by atoms with Crippen LogP contribution in [0.3, 0.4) is 0 Å². The lowest BCUT2D eigenvalue weighted by atomic mass is 10.2. The van der Waals surface area contributed by atoms with E-state index in [2.05, 4.69) is 10.3 Å². The van der Waals surface area contributed by atoms with E-state index in [4.69, 9.17) is 11.6 Å². The smallest absolute Gasteiger partial charge is 0.142 e. The van der Waals surface area contributed by atoms with E-state index in [0.29, 0.717) is 12.1 Å². The maximum atomic E-state index is 13.0. The minimum Gasteiger partial charge on any atom is -0.248 e. The highest BCUT2D eigenvalue weighted by molar-refractivity contribution is 6.31. The third-order valence-electron chi connectivity index (χ3n) is 1.84. The van der Waals surface area contributed by atoms with Crippen LogP contribution in [0.25, 0.3) is 0 Å². The predicted molar refractivity (Wildman–Crippen MR) is 50.5 cm³/mol. The van der Waals surface area contributed by atoms with Crippen LogP contribution in [0.1, 0.15) is 5.56 Å². The van der Waals surface area contributed by atoms with Gasteiger partial charge in [-0.3, -0.25) is 0 Å². The van der Waals surface area contributed by atoms with Crippen LogP contribution in [0.4, 0.5) is 4.39 Å². The summed E-state index contributed by atoms with van der Waals surface area (Å²) in [4.78, 5) is 0. The number of aromatic nitrogens is 3. The summed E-state index contributed by atoms with van der Waals surface area (Å²) < 4.78 is 14.6. The zero-order chi connectivity index (χ0) is 9.97. The zero-order valence-electron chi connectivity index (χ0n) is 7.19.